The van der Waals surface area contributed by atoms with Gasteiger partial charge >= 0.3 is 0 Å². The molecule has 1 heterocycles. The SMILES string of the molecule is COS(=O)(=O)CC1(S(=O)(=O)CC2(C)COC2)CC1. The molecule has 0 aromatic carbocycles. The fourth-order valence-electron chi connectivity index (χ4n) is 2.21. The van der Waals surface area contributed by atoms with Gasteiger partial charge in [0.05, 0.1) is 36.6 Å². The molecule has 0 atom stereocenters. The predicted molar refractivity (Wildman–Crippen MR) is 65.5 cm³/mol. The zero-order chi connectivity index (χ0) is 13.7. The maximum absolute atomic E-state index is 12.3. The van der Waals surface area contributed by atoms with E-state index in [4.69, 9.17) is 4.74 Å². The molecule has 0 amide bonds. The lowest BCUT2D eigenvalue weighted by Crippen LogP contribution is -2.48. The van der Waals surface area contributed by atoms with Gasteiger partial charge < -0.3 is 4.74 Å². The maximum atomic E-state index is 12.3. The van der Waals surface area contributed by atoms with Crippen molar-refractivity contribution in [3.8, 4) is 0 Å². The quantitative estimate of drug-likeness (QED) is 0.639. The van der Waals surface area contributed by atoms with E-state index >= 15 is 0 Å². The number of sulfone groups is 1. The van der Waals surface area contributed by atoms with Crippen LogP contribution in [0.3, 0.4) is 0 Å². The number of ether oxygens (including phenoxy) is 1. The molecule has 1 aliphatic carbocycles. The van der Waals surface area contributed by atoms with E-state index in [0.29, 0.717) is 26.1 Å². The molecule has 18 heavy (non-hydrogen) atoms. The van der Waals surface area contributed by atoms with E-state index in [-0.39, 0.29) is 11.2 Å². The first-order valence-corrected chi connectivity index (χ1v) is 8.95. The Balaban J connectivity index is 2.14. The Labute approximate surface area is 108 Å². The molecule has 0 unspecified atom stereocenters. The van der Waals surface area contributed by atoms with Gasteiger partial charge in [0.1, 0.15) is 0 Å². The van der Waals surface area contributed by atoms with Crippen molar-refractivity contribution in [3.05, 3.63) is 0 Å². The van der Waals surface area contributed by atoms with E-state index in [1.807, 2.05) is 6.92 Å². The molecule has 0 bridgehead atoms. The van der Waals surface area contributed by atoms with Crippen LogP contribution in [0.1, 0.15) is 19.8 Å². The number of hydrogen-bond donors (Lipinski definition) is 0. The average molecular weight is 298 g/mol. The molecular weight excluding hydrogens is 280 g/mol. The first-order chi connectivity index (χ1) is 8.14. The van der Waals surface area contributed by atoms with Crippen LogP contribution >= 0.6 is 0 Å². The molecule has 1 aliphatic heterocycles. The van der Waals surface area contributed by atoms with Gasteiger partial charge in [-0.25, -0.2) is 8.42 Å². The summed E-state index contributed by atoms with van der Waals surface area (Å²) in [7, 11) is -6.15. The summed E-state index contributed by atoms with van der Waals surface area (Å²) >= 11 is 0. The second-order valence-corrected chi connectivity index (χ2v) is 9.74. The molecule has 1 saturated heterocycles. The lowest BCUT2D eigenvalue weighted by Gasteiger charge is -2.38. The van der Waals surface area contributed by atoms with Crippen molar-refractivity contribution >= 4 is 20.0 Å². The van der Waals surface area contributed by atoms with Crippen molar-refractivity contribution in [1.29, 1.82) is 0 Å². The Morgan fingerprint density at radius 3 is 2.00 bits per heavy atom. The van der Waals surface area contributed by atoms with Crippen molar-refractivity contribution in [2.24, 2.45) is 5.41 Å². The molecule has 0 spiro atoms. The van der Waals surface area contributed by atoms with Gasteiger partial charge in [0.15, 0.2) is 9.84 Å². The fraction of sp³-hybridized carbons (Fsp3) is 1.00. The zero-order valence-corrected chi connectivity index (χ0v) is 12.1. The Hall–Kier alpha value is -0.180. The third-order valence-corrected chi connectivity index (χ3v) is 8.15. The second kappa shape index (κ2) is 4.16. The molecule has 8 heteroatoms. The van der Waals surface area contributed by atoms with E-state index in [2.05, 4.69) is 4.18 Å². The minimum Gasteiger partial charge on any atom is -0.380 e. The van der Waals surface area contributed by atoms with Crippen LogP contribution in [0.4, 0.5) is 0 Å². The van der Waals surface area contributed by atoms with E-state index in [9.17, 15) is 16.8 Å². The first-order valence-electron chi connectivity index (χ1n) is 5.72. The summed E-state index contributed by atoms with van der Waals surface area (Å²) in [4.78, 5) is 0. The van der Waals surface area contributed by atoms with Gasteiger partial charge in [-0.2, -0.15) is 8.42 Å². The molecule has 0 aromatic heterocycles. The van der Waals surface area contributed by atoms with E-state index in [1.165, 1.54) is 0 Å². The average Bonchev–Trinajstić information content (AvgIpc) is 2.96. The molecule has 6 nitrogen and oxygen atoms in total. The standard InChI is InChI=1S/C10H18O6S2/c1-9(5-16-6-9)7-17(11,12)10(3-4-10)8-18(13,14)15-2/h3-8H2,1-2H3. The first kappa shape index (κ1) is 14.2. The smallest absolute Gasteiger partial charge is 0.268 e. The largest absolute Gasteiger partial charge is 0.380 e. The Morgan fingerprint density at radius 1 is 1.11 bits per heavy atom. The number of rotatable bonds is 6. The van der Waals surface area contributed by atoms with Gasteiger partial charge in [-0.15, -0.1) is 0 Å². The minimum atomic E-state index is -3.75. The minimum absolute atomic E-state index is 0.0146. The van der Waals surface area contributed by atoms with E-state index in [1.54, 1.807) is 0 Å². The Kier molecular flexibility index (Phi) is 3.29. The second-order valence-electron chi connectivity index (χ2n) is 5.61. The van der Waals surface area contributed by atoms with Crippen molar-refractivity contribution < 1.29 is 25.8 Å². The molecule has 0 aromatic rings. The summed E-state index contributed by atoms with van der Waals surface area (Å²) in [6, 6.07) is 0. The molecule has 2 rings (SSSR count). The third kappa shape index (κ3) is 2.56. The Morgan fingerprint density at radius 2 is 1.67 bits per heavy atom. The summed E-state index contributed by atoms with van der Waals surface area (Å²) in [5, 5.41) is 0. The normalized spacial score (nSPS) is 25.4. The fourth-order valence-corrected chi connectivity index (χ4v) is 6.53. The summed E-state index contributed by atoms with van der Waals surface area (Å²) in [5.41, 5.74) is -0.370. The van der Waals surface area contributed by atoms with Crippen LogP contribution in [0, 0.1) is 5.41 Å². The molecule has 0 N–H and O–H groups in total. The van der Waals surface area contributed by atoms with E-state index in [0.717, 1.165) is 7.11 Å². The highest BCUT2D eigenvalue weighted by atomic mass is 32.2. The van der Waals surface area contributed by atoms with Crippen LogP contribution in [-0.2, 0) is 28.9 Å². The third-order valence-electron chi connectivity index (χ3n) is 3.60. The molecule has 106 valence electrons. The maximum Gasteiger partial charge on any atom is 0.268 e. The highest BCUT2D eigenvalue weighted by molar-refractivity contribution is 7.95. The molecule has 1 saturated carbocycles. The lowest BCUT2D eigenvalue weighted by molar-refractivity contribution is -0.0870. The van der Waals surface area contributed by atoms with Gasteiger partial charge in [0.25, 0.3) is 10.1 Å². The molecule has 2 fully saturated rings. The highest BCUT2D eigenvalue weighted by Crippen LogP contribution is 2.47. The summed E-state index contributed by atoms with van der Waals surface area (Å²) in [6.07, 6.45) is 0.795. The van der Waals surface area contributed by atoms with Crippen LogP contribution in [0.15, 0.2) is 0 Å². The van der Waals surface area contributed by atoms with Gasteiger partial charge in [-0.1, -0.05) is 6.92 Å². The zero-order valence-electron chi connectivity index (χ0n) is 10.5. The van der Waals surface area contributed by atoms with Gasteiger partial charge in [-0.3, -0.25) is 4.18 Å². The van der Waals surface area contributed by atoms with Gasteiger partial charge in [-0.05, 0) is 12.8 Å². The van der Waals surface area contributed by atoms with Crippen LogP contribution in [0.25, 0.3) is 0 Å². The van der Waals surface area contributed by atoms with Gasteiger partial charge in [0.2, 0.25) is 0 Å². The van der Waals surface area contributed by atoms with E-state index < -0.39 is 30.5 Å². The molecule has 0 radical (unpaired) electrons. The van der Waals surface area contributed by atoms with Crippen molar-refractivity contribution in [2.45, 2.75) is 24.5 Å². The monoisotopic (exact) mass is 298 g/mol. The predicted octanol–water partition coefficient (Wildman–Crippen LogP) is -0.0535. The van der Waals surface area contributed by atoms with Crippen LogP contribution < -0.4 is 0 Å². The highest BCUT2D eigenvalue weighted by Gasteiger charge is 2.58. The Bertz CT molecular complexity index is 525. The van der Waals surface area contributed by atoms with Gasteiger partial charge in [0, 0.05) is 5.41 Å². The lowest BCUT2D eigenvalue weighted by atomic mass is 9.92. The van der Waals surface area contributed by atoms with Crippen molar-refractivity contribution in [3.63, 3.8) is 0 Å². The summed E-state index contributed by atoms with van der Waals surface area (Å²) in [6.45, 7) is 2.67. The molecule has 2 aliphatic rings. The summed E-state index contributed by atoms with van der Waals surface area (Å²) in [5.74, 6) is -0.449. The van der Waals surface area contributed by atoms with Crippen LogP contribution in [0.2, 0.25) is 0 Å². The topological polar surface area (TPSA) is 86.7 Å². The van der Waals surface area contributed by atoms with Crippen molar-refractivity contribution in [2.75, 3.05) is 31.8 Å². The summed E-state index contributed by atoms with van der Waals surface area (Å²) < 4.78 is 55.8. The molecular formula is C10H18O6S2. The van der Waals surface area contributed by atoms with Crippen LogP contribution in [-0.4, -0.2) is 53.4 Å². The van der Waals surface area contributed by atoms with Crippen molar-refractivity contribution in [1.82, 2.24) is 0 Å². The van der Waals surface area contributed by atoms with Crippen LogP contribution in [0.5, 0.6) is 0 Å². The number of hydrogen-bond acceptors (Lipinski definition) is 6.